The van der Waals surface area contributed by atoms with Gasteiger partial charge in [-0.15, -0.1) is 0 Å². The Hall–Kier alpha value is -1.17. The first-order chi connectivity index (χ1) is 28.1. The number of allylic oxidation sites excluding steroid dienone is 4. The van der Waals surface area contributed by atoms with E-state index >= 15 is 0 Å². The molecular weight excluding hydrogens is 703 g/mol. The summed E-state index contributed by atoms with van der Waals surface area (Å²) < 4.78 is 0. The Kier molecular flexibility index (Phi) is 46.5. The lowest BCUT2D eigenvalue weighted by Crippen LogP contribution is -2.50. The highest BCUT2D eigenvalue weighted by atomic mass is 16.3. The Bertz CT molecular complexity index is 844. The molecule has 5 nitrogen and oxygen atoms in total. The van der Waals surface area contributed by atoms with Gasteiger partial charge in [-0.2, -0.15) is 0 Å². The molecular formula is C52H101NO4. The molecule has 0 rings (SSSR count). The minimum absolute atomic E-state index is 0.156. The molecule has 0 radical (unpaired) electrons. The van der Waals surface area contributed by atoms with Crippen molar-refractivity contribution >= 4 is 5.91 Å². The summed E-state index contributed by atoms with van der Waals surface area (Å²) in [5.41, 5.74) is 0. The molecule has 0 aromatic carbocycles. The van der Waals surface area contributed by atoms with Crippen LogP contribution in [-0.2, 0) is 4.79 Å². The van der Waals surface area contributed by atoms with Crippen LogP contribution in [0.1, 0.15) is 277 Å². The number of unbranched alkanes of at least 4 members (excludes halogenated alkanes) is 35. The molecule has 0 bridgehead atoms. The second-order valence-electron chi connectivity index (χ2n) is 17.7. The van der Waals surface area contributed by atoms with Crippen LogP contribution >= 0.6 is 0 Å². The molecule has 0 heterocycles. The predicted molar refractivity (Wildman–Crippen MR) is 250 cm³/mol. The SMILES string of the molecule is CCCCCCCCCC/C=C\CCCCCCCCCC(=O)NC(CO)C(O)C(O)CCC/C=C/CCCCCCCCCCCCCCCCCCCCC. The Morgan fingerprint density at radius 3 is 1.02 bits per heavy atom. The molecule has 4 N–H and O–H groups in total. The van der Waals surface area contributed by atoms with Gasteiger partial charge >= 0.3 is 0 Å². The largest absolute Gasteiger partial charge is 0.394 e. The Morgan fingerprint density at radius 1 is 0.421 bits per heavy atom. The molecule has 0 spiro atoms. The average Bonchev–Trinajstić information content (AvgIpc) is 3.22. The zero-order chi connectivity index (χ0) is 41.5. The van der Waals surface area contributed by atoms with Crippen molar-refractivity contribution in [2.75, 3.05) is 6.61 Å². The summed E-state index contributed by atoms with van der Waals surface area (Å²) in [6.45, 7) is 4.19. The van der Waals surface area contributed by atoms with Gasteiger partial charge in [0, 0.05) is 6.42 Å². The molecule has 0 fully saturated rings. The Labute approximate surface area is 356 Å². The van der Waals surface area contributed by atoms with Crippen LogP contribution < -0.4 is 5.32 Å². The van der Waals surface area contributed by atoms with Crippen LogP contribution in [-0.4, -0.2) is 46.1 Å². The van der Waals surface area contributed by atoms with Crippen LogP contribution in [0.2, 0.25) is 0 Å². The van der Waals surface area contributed by atoms with Crippen LogP contribution in [0.4, 0.5) is 0 Å². The van der Waals surface area contributed by atoms with Crippen LogP contribution in [0.3, 0.4) is 0 Å². The number of rotatable bonds is 47. The van der Waals surface area contributed by atoms with E-state index in [0.29, 0.717) is 12.8 Å². The van der Waals surface area contributed by atoms with Crippen LogP contribution in [0, 0.1) is 0 Å². The molecule has 0 saturated heterocycles. The molecule has 3 unspecified atom stereocenters. The normalized spacial score (nSPS) is 13.6. The quantitative estimate of drug-likeness (QED) is 0.0364. The summed E-state index contributed by atoms with van der Waals surface area (Å²) in [6.07, 6.45) is 58.8. The first-order valence-electron chi connectivity index (χ1n) is 25.6. The van der Waals surface area contributed by atoms with Gasteiger partial charge in [-0.3, -0.25) is 4.79 Å². The summed E-state index contributed by atoms with van der Waals surface area (Å²) in [7, 11) is 0. The van der Waals surface area contributed by atoms with Crippen molar-refractivity contribution in [3.05, 3.63) is 24.3 Å². The van der Waals surface area contributed by atoms with Gasteiger partial charge in [0.1, 0.15) is 6.10 Å². The number of hydrogen-bond acceptors (Lipinski definition) is 4. The van der Waals surface area contributed by atoms with Crippen LogP contribution in [0.5, 0.6) is 0 Å². The second-order valence-corrected chi connectivity index (χ2v) is 17.7. The van der Waals surface area contributed by atoms with Crippen molar-refractivity contribution in [1.29, 1.82) is 0 Å². The fourth-order valence-corrected chi connectivity index (χ4v) is 8.04. The van der Waals surface area contributed by atoms with E-state index in [2.05, 4.69) is 43.5 Å². The lowest BCUT2D eigenvalue weighted by Gasteiger charge is -2.26. The van der Waals surface area contributed by atoms with Crippen molar-refractivity contribution < 1.29 is 20.1 Å². The highest BCUT2D eigenvalue weighted by Crippen LogP contribution is 2.16. The molecule has 0 aliphatic carbocycles. The molecule has 0 saturated carbocycles. The minimum atomic E-state index is -1.16. The molecule has 57 heavy (non-hydrogen) atoms. The fourth-order valence-electron chi connectivity index (χ4n) is 8.04. The van der Waals surface area contributed by atoms with E-state index in [1.807, 2.05) is 0 Å². The van der Waals surface area contributed by atoms with E-state index in [-0.39, 0.29) is 12.5 Å². The summed E-state index contributed by atoms with van der Waals surface area (Å²) in [6, 6.07) is -0.827. The maximum atomic E-state index is 12.5. The number of hydrogen-bond donors (Lipinski definition) is 4. The Morgan fingerprint density at radius 2 is 0.702 bits per heavy atom. The molecule has 0 aliphatic rings. The highest BCUT2D eigenvalue weighted by molar-refractivity contribution is 5.76. The summed E-state index contributed by atoms with van der Waals surface area (Å²) in [5, 5.41) is 33.7. The number of aliphatic hydroxyl groups is 3. The topological polar surface area (TPSA) is 89.8 Å². The predicted octanol–water partition coefficient (Wildman–Crippen LogP) is 15.3. The molecule has 0 aromatic heterocycles. The van der Waals surface area contributed by atoms with E-state index in [4.69, 9.17) is 0 Å². The highest BCUT2D eigenvalue weighted by Gasteiger charge is 2.26. The van der Waals surface area contributed by atoms with E-state index < -0.39 is 18.2 Å². The number of carbonyl (C=O) groups excluding carboxylic acids is 1. The van der Waals surface area contributed by atoms with Crippen molar-refractivity contribution in [3.63, 3.8) is 0 Å². The van der Waals surface area contributed by atoms with Gasteiger partial charge in [-0.05, 0) is 64.2 Å². The van der Waals surface area contributed by atoms with Gasteiger partial charge in [-0.25, -0.2) is 0 Å². The summed E-state index contributed by atoms with van der Waals surface area (Å²) in [5.74, 6) is -0.156. The lowest BCUT2D eigenvalue weighted by atomic mass is 10.0. The van der Waals surface area contributed by atoms with Crippen molar-refractivity contribution in [2.45, 2.75) is 295 Å². The molecule has 5 heteroatoms. The molecule has 338 valence electrons. The smallest absolute Gasteiger partial charge is 0.220 e. The molecule has 0 aromatic rings. The number of carbonyl (C=O) groups is 1. The van der Waals surface area contributed by atoms with Gasteiger partial charge in [0.25, 0.3) is 0 Å². The van der Waals surface area contributed by atoms with Gasteiger partial charge in [0.05, 0.1) is 18.8 Å². The van der Waals surface area contributed by atoms with E-state index in [9.17, 15) is 20.1 Å². The van der Waals surface area contributed by atoms with Crippen LogP contribution in [0.25, 0.3) is 0 Å². The van der Waals surface area contributed by atoms with Crippen molar-refractivity contribution in [1.82, 2.24) is 5.32 Å². The third-order valence-corrected chi connectivity index (χ3v) is 12.0. The van der Waals surface area contributed by atoms with E-state index in [1.165, 1.54) is 212 Å². The number of amides is 1. The molecule has 1 amide bonds. The second kappa shape index (κ2) is 47.5. The van der Waals surface area contributed by atoms with Crippen molar-refractivity contribution in [2.24, 2.45) is 0 Å². The lowest BCUT2D eigenvalue weighted by molar-refractivity contribution is -0.124. The molecule has 3 atom stereocenters. The van der Waals surface area contributed by atoms with E-state index in [1.54, 1.807) is 0 Å². The third kappa shape index (κ3) is 42.8. The van der Waals surface area contributed by atoms with Gasteiger partial charge < -0.3 is 20.6 Å². The first kappa shape index (κ1) is 55.8. The van der Waals surface area contributed by atoms with Crippen LogP contribution in [0.15, 0.2) is 24.3 Å². The first-order valence-corrected chi connectivity index (χ1v) is 25.6. The minimum Gasteiger partial charge on any atom is -0.394 e. The molecule has 0 aliphatic heterocycles. The van der Waals surface area contributed by atoms with Gasteiger partial charge in [-0.1, -0.05) is 231 Å². The van der Waals surface area contributed by atoms with Gasteiger partial charge in [0.2, 0.25) is 5.91 Å². The zero-order valence-electron chi connectivity index (χ0n) is 38.5. The Balaban J connectivity index is 3.60. The number of nitrogens with one attached hydrogen (secondary N) is 1. The van der Waals surface area contributed by atoms with Gasteiger partial charge in [0.15, 0.2) is 0 Å². The third-order valence-electron chi connectivity index (χ3n) is 12.0. The summed E-state index contributed by atoms with van der Waals surface area (Å²) >= 11 is 0. The zero-order valence-corrected chi connectivity index (χ0v) is 38.5. The average molecular weight is 804 g/mol. The van der Waals surface area contributed by atoms with E-state index in [0.717, 1.165) is 38.5 Å². The maximum Gasteiger partial charge on any atom is 0.220 e. The monoisotopic (exact) mass is 804 g/mol. The fraction of sp³-hybridized carbons (Fsp3) is 0.904. The summed E-state index contributed by atoms with van der Waals surface area (Å²) in [4.78, 5) is 12.5. The standard InChI is InChI=1S/C52H101NO4/c1-3-5-7-9-11-13-15-17-19-21-23-24-25-26-27-29-30-32-34-36-38-40-42-44-46-50(55)52(57)49(48-54)53-51(56)47-45-43-41-39-37-35-33-31-28-22-20-18-16-14-12-10-8-6-4-2/h22,28,38,40,49-50,52,54-55,57H,3-21,23-27,29-37,39,41-48H2,1-2H3,(H,53,56)/b28-22-,40-38+. The van der Waals surface area contributed by atoms with Crippen molar-refractivity contribution in [3.8, 4) is 0 Å². The maximum absolute atomic E-state index is 12.5. The number of aliphatic hydroxyl groups excluding tert-OH is 3.